The highest BCUT2D eigenvalue weighted by Crippen LogP contribution is 2.29. The highest BCUT2D eigenvalue weighted by molar-refractivity contribution is 5.83. The van der Waals surface area contributed by atoms with E-state index in [2.05, 4.69) is 11.8 Å². The molecule has 15 heavy (non-hydrogen) atoms. The summed E-state index contributed by atoms with van der Waals surface area (Å²) in [5.41, 5.74) is 0. The van der Waals surface area contributed by atoms with Gasteiger partial charge >= 0.3 is 0 Å². The van der Waals surface area contributed by atoms with Crippen LogP contribution in [0.2, 0.25) is 0 Å². The normalized spacial score (nSPS) is 22.5. The van der Waals surface area contributed by atoms with Crippen LogP contribution in [0.5, 0.6) is 0 Å². The van der Waals surface area contributed by atoms with Crippen molar-refractivity contribution in [2.75, 3.05) is 13.1 Å². The lowest BCUT2D eigenvalue weighted by Gasteiger charge is -2.21. The number of carbonyl (C=O) groups excluding carboxylic acids is 1. The summed E-state index contributed by atoms with van der Waals surface area (Å²) in [7, 11) is 0. The van der Waals surface area contributed by atoms with Crippen molar-refractivity contribution in [2.45, 2.75) is 57.9 Å². The van der Waals surface area contributed by atoms with Crippen molar-refractivity contribution < 1.29 is 4.79 Å². The zero-order valence-corrected chi connectivity index (χ0v) is 9.87. The largest absolute Gasteiger partial charge is 0.298 e. The monoisotopic (exact) mass is 209 g/mol. The van der Waals surface area contributed by atoms with Gasteiger partial charge in [0, 0.05) is 12.0 Å². The molecular weight excluding hydrogens is 186 g/mol. The molecule has 2 heteroatoms. The predicted octanol–water partition coefficient (Wildman–Crippen LogP) is 2.62. The van der Waals surface area contributed by atoms with E-state index in [0.717, 1.165) is 32.0 Å². The minimum absolute atomic E-state index is 0.406. The second kappa shape index (κ2) is 5.11. The number of ketones is 1. The fourth-order valence-corrected chi connectivity index (χ4v) is 2.69. The molecule has 0 unspecified atom stereocenters. The first-order chi connectivity index (χ1) is 7.31. The Kier molecular flexibility index (Phi) is 3.79. The standard InChI is InChI=1S/C13H23NO/c1-2-9-14(12-7-8-12)10-13(15)11-5-3-4-6-11/h11-12H,2-10H2,1H3. The molecule has 86 valence electrons. The van der Waals surface area contributed by atoms with Gasteiger partial charge in [0.25, 0.3) is 0 Å². The molecule has 0 spiro atoms. The Labute approximate surface area is 93.0 Å². The van der Waals surface area contributed by atoms with Gasteiger partial charge in [-0.15, -0.1) is 0 Å². The Bertz CT molecular complexity index is 217. The third kappa shape index (κ3) is 3.04. The fourth-order valence-electron chi connectivity index (χ4n) is 2.69. The molecule has 0 bridgehead atoms. The van der Waals surface area contributed by atoms with Crippen LogP contribution >= 0.6 is 0 Å². The summed E-state index contributed by atoms with van der Waals surface area (Å²) < 4.78 is 0. The summed E-state index contributed by atoms with van der Waals surface area (Å²) in [6.45, 7) is 4.06. The Morgan fingerprint density at radius 2 is 1.87 bits per heavy atom. The van der Waals surface area contributed by atoms with Crippen LogP contribution in [0.25, 0.3) is 0 Å². The summed E-state index contributed by atoms with van der Waals surface area (Å²) in [6, 6.07) is 0.746. The van der Waals surface area contributed by atoms with Crippen LogP contribution in [0.4, 0.5) is 0 Å². The van der Waals surface area contributed by atoms with Gasteiger partial charge in [0.2, 0.25) is 0 Å². The van der Waals surface area contributed by atoms with Gasteiger partial charge < -0.3 is 0 Å². The summed E-state index contributed by atoms with van der Waals surface area (Å²) in [5, 5.41) is 0. The first-order valence-corrected chi connectivity index (χ1v) is 6.58. The smallest absolute Gasteiger partial charge is 0.149 e. The SMILES string of the molecule is CCCN(CC(=O)C1CCCC1)C1CC1. The Balaban J connectivity index is 1.79. The fraction of sp³-hybridized carbons (Fsp3) is 0.923. The topological polar surface area (TPSA) is 20.3 Å². The quantitative estimate of drug-likeness (QED) is 0.670. The van der Waals surface area contributed by atoms with Gasteiger partial charge in [-0.25, -0.2) is 0 Å². The summed E-state index contributed by atoms with van der Waals surface area (Å²) in [5.74, 6) is 0.927. The number of nitrogens with zero attached hydrogens (tertiary/aromatic N) is 1. The van der Waals surface area contributed by atoms with Crippen molar-refractivity contribution in [3.05, 3.63) is 0 Å². The first-order valence-electron chi connectivity index (χ1n) is 6.58. The average Bonchev–Trinajstić information content (AvgIpc) is 2.92. The van der Waals surface area contributed by atoms with Gasteiger partial charge in [-0.05, 0) is 38.6 Å². The van der Waals surface area contributed by atoms with E-state index in [4.69, 9.17) is 0 Å². The van der Waals surface area contributed by atoms with Gasteiger partial charge in [-0.2, -0.15) is 0 Å². The first kappa shape index (κ1) is 11.1. The van der Waals surface area contributed by atoms with Crippen molar-refractivity contribution in [3.63, 3.8) is 0 Å². The van der Waals surface area contributed by atoms with Crippen molar-refractivity contribution in [1.29, 1.82) is 0 Å². The molecule has 2 aliphatic rings. The molecule has 0 aromatic rings. The van der Waals surface area contributed by atoms with Gasteiger partial charge in [-0.3, -0.25) is 9.69 Å². The molecule has 2 fully saturated rings. The number of hydrogen-bond acceptors (Lipinski definition) is 2. The molecule has 0 saturated heterocycles. The molecule has 2 rings (SSSR count). The van der Waals surface area contributed by atoms with E-state index in [-0.39, 0.29) is 0 Å². The highest BCUT2D eigenvalue weighted by Gasteiger charge is 2.31. The lowest BCUT2D eigenvalue weighted by Crippen LogP contribution is -2.34. The lowest BCUT2D eigenvalue weighted by atomic mass is 10.0. The molecule has 2 nitrogen and oxygen atoms in total. The molecule has 0 atom stereocenters. The van der Waals surface area contributed by atoms with E-state index < -0.39 is 0 Å². The van der Waals surface area contributed by atoms with Crippen molar-refractivity contribution >= 4 is 5.78 Å². The zero-order valence-electron chi connectivity index (χ0n) is 9.87. The average molecular weight is 209 g/mol. The number of rotatable bonds is 6. The lowest BCUT2D eigenvalue weighted by molar-refractivity contribution is -0.124. The number of hydrogen-bond donors (Lipinski definition) is 0. The summed E-state index contributed by atoms with van der Waals surface area (Å²) in [6.07, 6.45) is 8.67. The maximum Gasteiger partial charge on any atom is 0.149 e. The van der Waals surface area contributed by atoms with Crippen LogP contribution in [0, 0.1) is 5.92 Å². The van der Waals surface area contributed by atoms with Crippen molar-refractivity contribution in [1.82, 2.24) is 4.90 Å². The predicted molar refractivity (Wildman–Crippen MR) is 61.9 cm³/mol. The maximum atomic E-state index is 12.0. The van der Waals surface area contributed by atoms with Crippen LogP contribution < -0.4 is 0 Å². The molecule has 0 heterocycles. The van der Waals surface area contributed by atoms with E-state index in [1.54, 1.807) is 0 Å². The van der Waals surface area contributed by atoms with E-state index in [1.165, 1.54) is 32.1 Å². The van der Waals surface area contributed by atoms with E-state index >= 15 is 0 Å². The minimum Gasteiger partial charge on any atom is -0.298 e. The molecule has 0 amide bonds. The van der Waals surface area contributed by atoms with Gasteiger partial charge in [0.05, 0.1) is 6.54 Å². The molecular formula is C13H23NO. The highest BCUT2D eigenvalue weighted by atomic mass is 16.1. The second-order valence-corrected chi connectivity index (χ2v) is 5.15. The molecule has 2 saturated carbocycles. The van der Waals surface area contributed by atoms with Crippen LogP contribution in [0.3, 0.4) is 0 Å². The molecule has 0 aliphatic heterocycles. The van der Waals surface area contributed by atoms with Crippen LogP contribution in [-0.4, -0.2) is 29.8 Å². The molecule has 0 aromatic carbocycles. The molecule has 0 radical (unpaired) electrons. The van der Waals surface area contributed by atoms with Crippen molar-refractivity contribution in [2.24, 2.45) is 5.92 Å². The maximum absolute atomic E-state index is 12.0. The van der Waals surface area contributed by atoms with Crippen LogP contribution in [0.15, 0.2) is 0 Å². The third-order valence-electron chi connectivity index (χ3n) is 3.74. The molecule has 2 aliphatic carbocycles. The van der Waals surface area contributed by atoms with Gasteiger partial charge in [-0.1, -0.05) is 19.8 Å². The minimum atomic E-state index is 0.406. The summed E-state index contributed by atoms with van der Waals surface area (Å²) >= 11 is 0. The van der Waals surface area contributed by atoms with Crippen LogP contribution in [-0.2, 0) is 4.79 Å². The Morgan fingerprint density at radius 1 is 1.20 bits per heavy atom. The Morgan fingerprint density at radius 3 is 2.40 bits per heavy atom. The molecule has 0 N–H and O–H groups in total. The van der Waals surface area contributed by atoms with Gasteiger partial charge in [0.1, 0.15) is 5.78 Å². The van der Waals surface area contributed by atoms with Crippen LogP contribution in [0.1, 0.15) is 51.9 Å². The van der Waals surface area contributed by atoms with Gasteiger partial charge in [0.15, 0.2) is 0 Å². The Hall–Kier alpha value is -0.370. The molecule has 0 aromatic heterocycles. The summed E-state index contributed by atoms with van der Waals surface area (Å²) in [4.78, 5) is 14.4. The second-order valence-electron chi connectivity index (χ2n) is 5.15. The van der Waals surface area contributed by atoms with E-state index in [9.17, 15) is 4.79 Å². The number of Topliss-reactive ketones (excluding diaryl/α,β-unsaturated/α-hetero) is 1. The number of carbonyl (C=O) groups is 1. The zero-order chi connectivity index (χ0) is 10.7. The van der Waals surface area contributed by atoms with E-state index in [0.29, 0.717) is 11.7 Å². The van der Waals surface area contributed by atoms with Crippen molar-refractivity contribution in [3.8, 4) is 0 Å². The van der Waals surface area contributed by atoms with E-state index in [1.807, 2.05) is 0 Å². The third-order valence-corrected chi connectivity index (χ3v) is 3.74.